The van der Waals surface area contributed by atoms with Crippen molar-refractivity contribution in [3.8, 4) is 0 Å². The minimum Gasteiger partial charge on any atom is -0.367 e. The molecule has 25 heavy (non-hydrogen) atoms. The Labute approximate surface area is 153 Å². The van der Waals surface area contributed by atoms with E-state index in [4.69, 9.17) is 11.6 Å². The van der Waals surface area contributed by atoms with E-state index in [1.807, 2.05) is 13.0 Å². The van der Waals surface area contributed by atoms with Crippen molar-refractivity contribution in [3.63, 3.8) is 0 Å². The number of halogens is 1. The fraction of sp³-hybridized carbons (Fsp3) is 0.421. The van der Waals surface area contributed by atoms with E-state index in [-0.39, 0.29) is 5.91 Å². The number of hydrogen-bond acceptors (Lipinski definition) is 4. The zero-order valence-electron chi connectivity index (χ0n) is 14.6. The maximum absolute atomic E-state index is 12.6. The van der Waals surface area contributed by atoms with E-state index in [1.165, 1.54) is 19.3 Å². The van der Waals surface area contributed by atoms with Gasteiger partial charge in [-0.05, 0) is 44.4 Å². The lowest BCUT2D eigenvalue weighted by Gasteiger charge is -2.23. The zero-order chi connectivity index (χ0) is 17.8. The van der Waals surface area contributed by atoms with Gasteiger partial charge in [0.25, 0.3) is 5.91 Å². The van der Waals surface area contributed by atoms with E-state index in [1.54, 1.807) is 25.1 Å². The molecule has 2 aromatic rings. The number of hydrogen-bond donors (Lipinski definition) is 2. The summed E-state index contributed by atoms with van der Waals surface area (Å²) in [6.07, 6.45) is 6.07. The Balaban J connectivity index is 1.76. The van der Waals surface area contributed by atoms with E-state index < -0.39 is 0 Å². The second kappa shape index (κ2) is 7.83. The van der Waals surface area contributed by atoms with Crippen molar-refractivity contribution in [3.05, 3.63) is 46.4 Å². The highest BCUT2D eigenvalue weighted by Gasteiger charge is 2.16. The predicted molar refractivity (Wildman–Crippen MR) is 101 cm³/mol. The van der Waals surface area contributed by atoms with Crippen molar-refractivity contribution in [1.82, 2.24) is 9.97 Å². The van der Waals surface area contributed by atoms with Crippen molar-refractivity contribution in [2.24, 2.45) is 0 Å². The van der Waals surface area contributed by atoms with Gasteiger partial charge in [-0.2, -0.15) is 0 Å². The largest absolute Gasteiger partial charge is 0.367 e. The van der Waals surface area contributed by atoms with Crippen molar-refractivity contribution >= 4 is 29.0 Å². The first-order valence-electron chi connectivity index (χ1n) is 8.71. The minimum atomic E-state index is -0.262. The predicted octanol–water partition coefficient (Wildman–Crippen LogP) is 4.74. The summed E-state index contributed by atoms with van der Waals surface area (Å²) in [4.78, 5) is 21.3. The Hall–Kier alpha value is -2.14. The van der Waals surface area contributed by atoms with Crippen LogP contribution >= 0.6 is 11.6 Å². The number of anilines is 2. The number of benzene rings is 1. The smallest absolute Gasteiger partial charge is 0.274 e. The summed E-state index contributed by atoms with van der Waals surface area (Å²) < 4.78 is 0. The highest BCUT2D eigenvalue weighted by Crippen LogP contribution is 2.23. The van der Waals surface area contributed by atoms with Crippen LogP contribution < -0.4 is 10.6 Å². The van der Waals surface area contributed by atoms with E-state index in [2.05, 4.69) is 20.6 Å². The first-order chi connectivity index (χ1) is 12.0. The molecule has 0 spiro atoms. The molecule has 1 saturated carbocycles. The maximum atomic E-state index is 12.6. The van der Waals surface area contributed by atoms with Crippen molar-refractivity contribution in [1.29, 1.82) is 0 Å². The van der Waals surface area contributed by atoms with Gasteiger partial charge in [-0.15, -0.1) is 0 Å². The molecule has 1 fully saturated rings. The number of amides is 1. The van der Waals surface area contributed by atoms with E-state index in [0.29, 0.717) is 34.1 Å². The van der Waals surface area contributed by atoms with Gasteiger partial charge < -0.3 is 10.6 Å². The quantitative estimate of drug-likeness (QED) is 0.828. The number of carbonyl (C=O) groups is 1. The number of aromatic nitrogens is 2. The molecule has 1 heterocycles. The van der Waals surface area contributed by atoms with Crippen molar-refractivity contribution < 1.29 is 4.79 Å². The molecular formula is C19H23ClN4O. The van der Waals surface area contributed by atoms with Crippen LogP contribution in [0.3, 0.4) is 0 Å². The number of carbonyl (C=O) groups excluding carboxylic acids is 1. The highest BCUT2D eigenvalue weighted by atomic mass is 35.5. The highest BCUT2D eigenvalue weighted by molar-refractivity contribution is 6.31. The average molecular weight is 359 g/mol. The van der Waals surface area contributed by atoms with E-state index in [0.717, 1.165) is 18.4 Å². The third-order valence-corrected chi connectivity index (χ3v) is 4.71. The third-order valence-electron chi connectivity index (χ3n) is 4.48. The third kappa shape index (κ3) is 4.69. The van der Waals surface area contributed by atoms with Crippen LogP contribution in [-0.2, 0) is 0 Å². The Morgan fingerprint density at radius 1 is 1.12 bits per heavy atom. The van der Waals surface area contributed by atoms with Gasteiger partial charge in [0.2, 0.25) is 0 Å². The van der Waals surface area contributed by atoms with E-state index in [9.17, 15) is 4.79 Å². The summed E-state index contributed by atoms with van der Waals surface area (Å²) in [7, 11) is 0. The van der Waals surface area contributed by atoms with Gasteiger partial charge in [-0.25, -0.2) is 9.97 Å². The van der Waals surface area contributed by atoms with Gasteiger partial charge >= 0.3 is 0 Å². The molecule has 1 aromatic heterocycles. The second-order valence-corrected chi connectivity index (χ2v) is 7.01. The van der Waals surface area contributed by atoms with Gasteiger partial charge in [0.15, 0.2) is 0 Å². The molecule has 2 N–H and O–H groups in total. The van der Waals surface area contributed by atoms with Crippen LogP contribution in [0.4, 0.5) is 11.5 Å². The van der Waals surface area contributed by atoms with Gasteiger partial charge in [0, 0.05) is 22.8 Å². The molecule has 0 radical (unpaired) electrons. The normalized spacial score (nSPS) is 15.0. The molecule has 0 saturated heterocycles. The van der Waals surface area contributed by atoms with Crippen LogP contribution in [0.2, 0.25) is 5.02 Å². The first-order valence-corrected chi connectivity index (χ1v) is 9.09. The molecule has 1 amide bonds. The molecule has 3 rings (SSSR count). The summed E-state index contributed by atoms with van der Waals surface area (Å²) in [6.45, 7) is 3.72. The van der Waals surface area contributed by atoms with Gasteiger partial charge in [0.05, 0.1) is 0 Å². The zero-order valence-corrected chi connectivity index (χ0v) is 15.4. The summed E-state index contributed by atoms with van der Waals surface area (Å²) in [6, 6.07) is 7.56. The molecule has 0 atom stereocenters. The lowest BCUT2D eigenvalue weighted by molar-refractivity contribution is 0.102. The van der Waals surface area contributed by atoms with Gasteiger partial charge in [-0.1, -0.05) is 36.9 Å². The summed E-state index contributed by atoms with van der Waals surface area (Å²) in [5.74, 6) is 1.03. The average Bonchev–Trinajstić information content (AvgIpc) is 2.58. The van der Waals surface area contributed by atoms with Crippen LogP contribution in [0.25, 0.3) is 0 Å². The molecule has 5 nitrogen and oxygen atoms in total. The molecule has 1 aromatic carbocycles. The second-order valence-electron chi connectivity index (χ2n) is 6.58. The van der Waals surface area contributed by atoms with Crippen LogP contribution in [0.5, 0.6) is 0 Å². The SMILES string of the molecule is Cc1nc(NC2CCCCC2)cc(C(=O)Nc2cc(Cl)ccc2C)n1. The van der Waals surface area contributed by atoms with Gasteiger partial charge in [0.1, 0.15) is 17.3 Å². The number of nitrogens with one attached hydrogen (secondary N) is 2. The lowest BCUT2D eigenvalue weighted by Crippen LogP contribution is -2.24. The Kier molecular flexibility index (Phi) is 5.53. The molecule has 1 aliphatic carbocycles. The molecule has 1 aliphatic rings. The van der Waals surface area contributed by atoms with Crippen LogP contribution in [-0.4, -0.2) is 21.9 Å². The van der Waals surface area contributed by atoms with Crippen molar-refractivity contribution in [2.75, 3.05) is 10.6 Å². The van der Waals surface area contributed by atoms with Crippen LogP contribution in [0.15, 0.2) is 24.3 Å². The first kappa shape index (κ1) is 17.7. The summed E-state index contributed by atoms with van der Waals surface area (Å²) in [5, 5.41) is 6.92. The van der Waals surface area contributed by atoms with E-state index >= 15 is 0 Å². The lowest BCUT2D eigenvalue weighted by atomic mass is 9.95. The minimum absolute atomic E-state index is 0.262. The molecule has 132 valence electrons. The van der Waals surface area contributed by atoms with Gasteiger partial charge in [-0.3, -0.25) is 4.79 Å². The Bertz CT molecular complexity index is 772. The number of rotatable bonds is 4. The monoisotopic (exact) mass is 358 g/mol. The standard InChI is InChI=1S/C19H23ClN4O/c1-12-8-9-14(20)10-16(12)24-19(25)17-11-18(22-13(2)21-17)23-15-6-4-3-5-7-15/h8-11,15H,3-7H2,1-2H3,(H,24,25)(H,21,22,23). The molecular weight excluding hydrogens is 336 g/mol. The fourth-order valence-electron chi connectivity index (χ4n) is 3.13. The molecule has 0 unspecified atom stereocenters. The molecule has 6 heteroatoms. The Morgan fingerprint density at radius 2 is 1.88 bits per heavy atom. The van der Waals surface area contributed by atoms with Crippen LogP contribution in [0.1, 0.15) is 54.0 Å². The molecule has 0 bridgehead atoms. The molecule has 0 aliphatic heterocycles. The number of nitrogens with zero attached hydrogens (tertiary/aromatic N) is 2. The van der Waals surface area contributed by atoms with Crippen LogP contribution in [0, 0.1) is 13.8 Å². The summed E-state index contributed by atoms with van der Waals surface area (Å²) >= 11 is 6.02. The van der Waals surface area contributed by atoms with Crippen molar-refractivity contribution in [2.45, 2.75) is 52.0 Å². The Morgan fingerprint density at radius 3 is 2.64 bits per heavy atom. The maximum Gasteiger partial charge on any atom is 0.274 e. The number of aryl methyl sites for hydroxylation is 2. The summed E-state index contributed by atoms with van der Waals surface area (Å²) in [5.41, 5.74) is 1.99. The fourth-order valence-corrected chi connectivity index (χ4v) is 3.30. The topological polar surface area (TPSA) is 66.9 Å².